The van der Waals surface area contributed by atoms with E-state index in [2.05, 4.69) is 19.5 Å². The summed E-state index contributed by atoms with van der Waals surface area (Å²) in [5, 5.41) is 5.58. The predicted molar refractivity (Wildman–Crippen MR) is 75.4 cm³/mol. The van der Waals surface area contributed by atoms with Crippen molar-refractivity contribution in [3.8, 4) is 0 Å². The number of carbonyl (C=O) groups excluding carboxylic acids is 1. The number of sulfonamides is 1. The van der Waals surface area contributed by atoms with E-state index in [0.717, 1.165) is 11.3 Å². The van der Waals surface area contributed by atoms with Crippen molar-refractivity contribution >= 4 is 27.3 Å². The lowest BCUT2D eigenvalue weighted by Crippen LogP contribution is -2.25. The number of hydrogen-bond donors (Lipinski definition) is 1. The fraction of sp³-hybridized carbons (Fsp3) is 0.364. The molecule has 0 fully saturated rings. The summed E-state index contributed by atoms with van der Waals surface area (Å²) in [7, 11) is -0.961. The predicted octanol–water partition coefficient (Wildman–Crippen LogP) is 0.450. The summed E-state index contributed by atoms with van der Waals surface area (Å²) in [5.41, 5.74) is 0.488. The maximum Gasteiger partial charge on any atom is 0.349 e. The van der Waals surface area contributed by atoms with Crippen molar-refractivity contribution in [2.24, 2.45) is 7.05 Å². The van der Waals surface area contributed by atoms with Crippen LogP contribution in [0, 0.1) is 6.92 Å². The van der Waals surface area contributed by atoms with Crippen LogP contribution in [-0.2, 0) is 28.4 Å². The van der Waals surface area contributed by atoms with Crippen LogP contribution < -0.4 is 4.72 Å². The Kier molecular flexibility index (Phi) is 4.40. The quantitative estimate of drug-likeness (QED) is 0.798. The number of aromatic nitrogens is 3. The van der Waals surface area contributed by atoms with Gasteiger partial charge in [-0.3, -0.25) is 4.68 Å². The molecular formula is C11H14N4O4S2. The SMILES string of the molecule is COC(=O)c1scc(C)c1S(=O)(=O)NCc1ncn(C)n1. The molecule has 0 saturated heterocycles. The van der Waals surface area contributed by atoms with E-state index in [1.54, 1.807) is 19.4 Å². The average molecular weight is 330 g/mol. The molecule has 0 bridgehead atoms. The smallest absolute Gasteiger partial charge is 0.349 e. The normalized spacial score (nSPS) is 11.6. The molecule has 2 rings (SSSR count). The van der Waals surface area contributed by atoms with Crippen LogP contribution in [0.1, 0.15) is 21.1 Å². The molecule has 1 N–H and O–H groups in total. The van der Waals surface area contributed by atoms with Crippen LogP contribution in [0.5, 0.6) is 0 Å². The summed E-state index contributed by atoms with van der Waals surface area (Å²) in [5.74, 6) is -0.335. The van der Waals surface area contributed by atoms with Crippen LogP contribution in [0.4, 0.5) is 0 Å². The largest absolute Gasteiger partial charge is 0.465 e. The van der Waals surface area contributed by atoms with Crippen LogP contribution in [0.3, 0.4) is 0 Å². The third-order valence-corrected chi connectivity index (χ3v) is 5.42. The summed E-state index contributed by atoms with van der Waals surface area (Å²) >= 11 is 1.03. The summed E-state index contributed by atoms with van der Waals surface area (Å²) in [6, 6.07) is 0. The van der Waals surface area contributed by atoms with E-state index >= 15 is 0 Å². The minimum Gasteiger partial charge on any atom is -0.465 e. The second-order valence-electron chi connectivity index (χ2n) is 4.23. The van der Waals surface area contributed by atoms with Crippen LogP contribution in [0.25, 0.3) is 0 Å². The molecule has 2 aromatic rings. The second kappa shape index (κ2) is 5.92. The molecule has 0 amide bonds. The minimum absolute atomic E-state index is 0.0523. The first kappa shape index (κ1) is 15.6. The molecule has 21 heavy (non-hydrogen) atoms. The molecule has 10 heteroatoms. The number of nitrogens with one attached hydrogen (secondary N) is 1. The zero-order valence-corrected chi connectivity index (χ0v) is 13.3. The van der Waals surface area contributed by atoms with Gasteiger partial charge >= 0.3 is 5.97 Å². The Bertz CT molecular complexity index is 763. The van der Waals surface area contributed by atoms with Gasteiger partial charge in [0.15, 0.2) is 5.82 Å². The number of nitrogens with zero attached hydrogens (tertiary/aromatic N) is 3. The van der Waals surface area contributed by atoms with Crippen LogP contribution in [0.2, 0.25) is 0 Å². The van der Waals surface area contributed by atoms with Crippen LogP contribution in [-0.4, -0.2) is 36.3 Å². The van der Waals surface area contributed by atoms with Gasteiger partial charge in [0.2, 0.25) is 10.0 Å². The van der Waals surface area contributed by atoms with Crippen molar-refractivity contribution in [1.82, 2.24) is 19.5 Å². The maximum absolute atomic E-state index is 12.4. The summed E-state index contributed by atoms with van der Waals surface area (Å²) in [6.45, 7) is 1.57. The van der Waals surface area contributed by atoms with Crippen LogP contribution in [0.15, 0.2) is 16.6 Å². The number of rotatable bonds is 5. The minimum atomic E-state index is -3.85. The third-order valence-electron chi connectivity index (χ3n) is 2.62. The summed E-state index contributed by atoms with van der Waals surface area (Å²) in [4.78, 5) is 15.6. The Hall–Kier alpha value is -1.78. The highest BCUT2D eigenvalue weighted by Gasteiger charge is 2.27. The lowest BCUT2D eigenvalue weighted by Gasteiger charge is -2.07. The number of carbonyl (C=O) groups is 1. The van der Waals surface area contributed by atoms with E-state index in [4.69, 9.17) is 0 Å². The van der Waals surface area contributed by atoms with Gasteiger partial charge in [-0.2, -0.15) is 5.10 Å². The fourth-order valence-corrected chi connectivity index (χ4v) is 4.38. The molecule has 0 unspecified atom stereocenters. The van der Waals surface area contributed by atoms with Gasteiger partial charge in [0.1, 0.15) is 16.1 Å². The first-order valence-electron chi connectivity index (χ1n) is 5.85. The van der Waals surface area contributed by atoms with Crippen molar-refractivity contribution in [2.75, 3.05) is 7.11 Å². The summed E-state index contributed by atoms with van der Waals surface area (Å²) in [6.07, 6.45) is 1.47. The molecule has 0 aliphatic rings. The Labute approximate surface area is 125 Å². The van der Waals surface area contributed by atoms with E-state index in [1.165, 1.54) is 18.1 Å². The van der Waals surface area contributed by atoms with Gasteiger partial charge < -0.3 is 4.74 Å². The maximum atomic E-state index is 12.4. The molecular weight excluding hydrogens is 316 g/mol. The molecule has 0 spiro atoms. The molecule has 0 aliphatic carbocycles. The lowest BCUT2D eigenvalue weighted by molar-refractivity contribution is 0.0602. The van der Waals surface area contributed by atoms with Gasteiger partial charge in [0, 0.05) is 7.05 Å². The first-order chi connectivity index (χ1) is 9.85. The molecule has 8 nitrogen and oxygen atoms in total. The molecule has 0 saturated carbocycles. The van der Waals surface area contributed by atoms with E-state index < -0.39 is 16.0 Å². The van der Waals surface area contributed by atoms with Gasteiger partial charge in [0.05, 0.1) is 13.7 Å². The number of ether oxygens (including phenoxy) is 1. The van der Waals surface area contributed by atoms with Crippen molar-refractivity contribution in [3.63, 3.8) is 0 Å². The van der Waals surface area contributed by atoms with E-state index in [1.807, 2.05) is 0 Å². The van der Waals surface area contributed by atoms with Crippen molar-refractivity contribution < 1.29 is 17.9 Å². The van der Waals surface area contributed by atoms with Crippen molar-refractivity contribution in [1.29, 1.82) is 0 Å². The van der Waals surface area contributed by atoms with Gasteiger partial charge in [-0.25, -0.2) is 22.9 Å². The zero-order chi connectivity index (χ0) is 15.6. The van der Waals surface area contributed by atoms with E-state index in [-0.39, 0.29) is 16.3 Å². The number of methoxy groups -OCH3 is 1. The molecule has 0 atom stereocenters. The third kappa shape index (κ3) is 3.28. The lowest BCUT2D eigenvalue weighted by atomic mass is 10.3. The Balaban J connectivity index is 2.27. The Morgan fingerprint density at radius 3 is 2.81 bits per heavy atom. The highest BCUT2D eigenvalue weighted by Crippen LogP contribution is 2.27. The van der Waals surface area contributed by atoms with Crippen LogP contribution >= 0.6 is 11.3 Å². The van der Waals surface area contributed by atoms with Crippen molar-refractivity contribution in [3.05, 3.63) is 28.0 Å². The van der Waals surface area contributed by atoms with Gasteiger partial charge in [0.25, 0.3) is 0 Å². The monoisotopic (exact) mass is 330 g/mol. The molecule has 114 valence electrons. The molecule has 0 aliphatic heterocycles. The highest BCUT2D eigenvalue weighted by atomic mass is 32.2. The Morgan fingerprint density at radius 1 is 1.52 bits per heavy atom. The second-order valence-corrected chi connectivity index (χ2v) is 6.81. The fourth-order valence-electron chi connectivity index (χ4n) is 1.70. The number of aryl methyl sites for hydroxylation is 2. The average Bonchev–Trinajstić information content (AvgIpc) is 3.02. The molecule has 2 aromatic heterocycles. The van der Waals surface area contributed by atoms with E-state index in [0.29, 0.717) is 11.4 Å². The van der Waals surface area contributed by atoms with E-state index in [9.17, 15) is 13.2 Å². The van der Waals surface area contributed by atoms with Crippen molar-refractivity contribution in [2.45, 2.75) is 18.4 Å². The number of thiophene rings is 1. The first-order valence-corrected chi connectivity index (χ1v) is 8.22. The number of hydrogen-bond acceptors (Lipinski definition) is 7. The summed E-state index contributed by atoms with van der Waals surface area (Å²) < 4.78 is 33.2. The molecule has 0 aromatic carbocycles. The van der Waals surface area contributed by atoms with Gasteiger partial charge in [-0.05, 0) is 17.9 Å². The van der Waals surface area contributed by atoms with Gasteiger partial charge in [-0.15, -0.1) is 11.3 Å². The standard InChI is InChI=1S/C11H14N4O4S2/c1-7-5-20-9(11(16)19-3)10(7)21(17,18)13-4-8-12-6-15(2)14-8/h5-6,13H,4H2,1-3H3. The molecule has 2 heterocycles. The number of esters is 1. The Morgan fingerprint density at radius 2 is 2.24 bits per heavy atom. The van der Waals surface area contributed by atoms with Gasteiger partial charge in [-0.1, -0.05) is 0 Å². The highest BCUT2D eigenvalue weighted by molar-refractivity contribution is 7.89. The molecule has 0 radical (unpaired) electrons. The topological polar surface area (TPSA) is 103 Å². The zero-order valence-electron chi connectivity index (χ0n) is 11.7.